The minimum atomic E-state index is -0.590. The van der Waals surface area contributed by atoms with E-state index >= 15 is 0 Å². The van der Waals surface area contributed by atoms with Crippen LogP contribution in [0.4, 0.5) is 4.79 Å². The van der Waals surface area contributed by atoms with Crippen LogP contribution in [0.15, 0.2) is 30.3 Å². The second-order valence-corrected chi connectivity index (χ2v) is 7.64. The number of urea groups is 1. The van der Waals surface area contributed by atoms with Crippen LogP contribution in [0.2, 0.25) is 0 Å². The van der Waals surface area contributed by atoms with Gasteiger partial charge in [0, 0.05) is 25.7 Å². The molecule has 2 unspecified atom stereocenters. The van der Waals surface area contributed by atoms with Crippen LogP contribution >= 0.6 is 0 Å². The number of hydrogen-bond acceptors (Lipinski definition) is 3. The van der Waals surface area contributed by atoms with E-state index in [4.69, 9.17) is 0 Å². The van der Waals surface area contributed by atoms with Crippen LogP contribution in [0.3, 0.4) is 0 Å². The van der Waals surface area contributed by atoms with Gasteiger partial charge in [0.15, 0.2) is 0 Å². The molecule has 0 saturated carbocycles. The Morgan fingerprint density at radius 1 is 1.21 bits per heavy atom. The summed E-state index contributed by atoms with van der Waals surface area (Å²) in [5.74, 6) is 0.0174. The van der Waals surface area contributed by atoms with Gasteiger partial charge in [-0.05, 0) is 38.7 Å². The molecule has 24 heavy (non-hydrogen) atoms. The van der Waals surface area contributed by atoms with E-state index in [-0.39, 0.29) is 18.0 Å². The van der Waals surface area contributed by atoms with Gasteiger partial charge in [-0.3, -0.25) is 14.6 Å². The summed E-state index contributed by atoms with van der Waals surface area (Å²) in [5.41, 5.74) is 0.685. The molecule has 3 atom stereocenters. The maximum atomic E-state index is 12.9. The largest absolute Gasteiger partial charge is 0.327 e. The third-order valence-corrected chi connectivity index (χ3v) is 6.03. The number of hydrogen-bond donors (Lipinski definition) is 0. The molecule has 5 nitrogen and oxygen atoms in total. The number of fused-ring (bicyclic) bond motifs is 1. The van der Waals surface area contributed by atoms with Gasteiger partial charge in [-0.1, -0.05) is 30.3 Å². The third kappa shape index (κ3) is 2.25. The predicted octanol–water partition coefficient (Wildman–Crippen LogP) is 2.47. The molecule has 1 aromatic rings. The Kier molecular flexibility index (Phi) is 3.64. The van der Waals surface area contributed by atoms with Gasteiger partial charge in [-0.2, -0.15) is 0 Å². The van der Waals surface area contributed by atoms with Crippen molar-refractivity contribution in [1.82, 2.24) is 14.7 Å². The standard InChI is InChI=1S/C19H25N3O2/c1-14-11-16(13-20(14)12-15-7-4-3-5-8-15)22-17(23)19(2)9-6-10-21(19)18(22)24/h3-5,7-8,14,16H,6,9-13H2,1-2H3/t14?,16?,19-/m0/s1. The summed E-state index contributed by atoms with van der Waals surface area (Å²) >= 11 is 0. The number of nitrogens with zero attached hydrogens (tertiary/aromatic N) is 3. The maximum Gasteiger partial charge on any atom is 0.327 e. The first-order valence-corrected chi connectivity index (χ1v) is 8.94. The minimum Gasteiger partial charge on any atom is -0.310 e. The fraction of sp³-hybridized carbons (Fsp3) is 0.579. The number of benzene rings is 1. The van der Waals surface area contributed by atoms with E-state index in [0.717, 1.165) is 32.4 Å². The highest BCUT2D eigenvalue weighted by molar-refractivity contribution is 6.07. The topological polar surface area (TPSA) is 43.9 Å². The van der Waals surface area contributed by atoms with E-state index in [1.165, 1.54) is 5.56 Å². The smallest absolute Gasteiger partial charge is 0.310 e. The molecule has 0 aromatic heterocycles. The van der Waals surface area contributed by atoms with Crippen LogP contribution in [-0.2, 0) is 11.3 Å². The molecule has 3 aliphatic rings. The van der Waals surface area contributed by atoms with Gasteiger partial charge in [0.25, 0.3) is 5.91 Å². The molecule has 128 valence electrons. The Morgan fingerprint density at radius 2 is 1.96 bits per heavy atom. The Labute approximate surface area is 143 Å². The van der Waals surface area contributed by atoms with Crippen LogP contribution in [0, 0.1) is 0 Å². The predicted molar refractivity (Wildman–Crippen MR) is 91.3 cm³/mol. The van der Waals surface area contributed by atoms with Crippen LogP contribution in [0.5, 0.6) is 0 Å². The first-order valence-electron chi connectivity index (χ1n) is 8.94. The molecule has 0 N–H and O–H groups in total. The highest BCUT2D eigenvalue weighted by Crippen LogP contribution is 2.40. The van der Waals surface area contributed by atoms with Crippen molar-refractivity contribution in [2.24, 2.45) is 0 Å². The van der Waals surface area contributed by atoms with E-state index in [1.54, 1.807) is 9.80 Å². The third-order valence-electron chi connectivity index (χ3n) is 6.03. The second kappa shape index (κ2) is 5.59. The monoisotopic (exact) mass is 327 g/mol. The summed E-state index contributed by atoms with van der Waals surface area (Å²) < 4.78 is 0. The molecule has 0 radical (unpaired) electrons. The molecule has 3 heterocycles. The van der Waals surface area contributed by atoms with Gasteiger partial charge in [0.05, 0.1) is 6.04 Å². The van der Waals surface area contributed by atoms with E-state index in [0.29, 0.717) is 12.6 Å². The highest BCUT2D eigenvalue weighted by atomic mass is 16.2. The van der Waals surface area contributed by atoms with Crippen LogP contribution in [0.25, 0.3) is 0 Å². The summed E-state index contributed by atoms with van der Waals surface area (Å²) in [7, 11) is 0. The number of carbonyl (C=O) groups excluding carboxylic acids is 2. The zero-order valence-corrected chi connectivity index (χ0v) is 14.4. The lowest BCUT2D eigenvalue weighted by molar-refractivity contribution is -0.133. The quantitative estimate of drug-likeness (QED) is 0.801. The molecule has 0 aliphatic carbocycles. The number of imide groups is 1. The van der Waals surface area contributed by atoms with Crippen molar-refractivity contribution in [2.45, 2.75) is 57.3 Å². The van der Waals surface area contributed by atoms with Crippen LogP contribution in [0.1, 0.15) is 38.7 Å². The fourth-order valence-corrected chi connectivity index (χ4v) is 4.58. The SMILES string of the molecule is CC1CC(N2C(=O)N3CCC[C@@]3(C)C2=O)CN1Cc1ccccc1. The molecular weight excluding hydrogens is 302 g/mol. The average molecular weight is 327 g/mol. The zero-order chi connectivity index (χ0) is 16.9. The Morgan fingerprint density at radius 3 is 2.67 bits per heavy atom. The lowest BCUT2D eigenvalue weighted by atomic mass is 9.98. The van der Waals surface area contributed by atoms with Gasteiger partial charge >= 0.3 is 6.03 Å². The van der Waals surface area contributed by atoms with Gasteiger partial charge in [0.2, 0.25) is 0 Å². The first-order chi connectivity index (χ1) is 11.5. The van der Waals surface area contributed by atoms with Crippen molar-refractivity contribution in [3.63, 3.8) is 0 Å². The van der Waals surface area contributed by atoms with E-state index in [1.807, 2.05) is 13.0 Å². The molecule has 3 amide bonds. The molecule has 3 aliphatic heterocycles. The van der Waals surface area contributed by atoms with Gasteiger partial charge in [-0.25, -0.2) is 4.79 Å². The average Bonchev–Trinajstić information content (AvgIpc) is 3.17. The highest BCUT2D eigenvalue weighted by Gasteiger charge is 2.58. The Hall–Kier alpha value is -1.88. The molecule has 3 fully saturated rings. The van der Waals surface area contributed by atoms with Crippen molar-refractivity contribution >= 4 is 11.9 Å². The van der Waals surface area contributed by atoms with Crippen LogP contribution in [-0.4, -0.2) is 57.4 Å². The van der Waals surface area contributed by atoms with Crippen molar-refractivity contribution in [2.75, 3.05) is 13.1 Å². The van der Waals surface area contributed by atoms with E-state index in [2.05, 4.69) is 36.1 Å². The zero-order valence-electron chi connectivity index (χ0n) is 14.4. The number of amides is 3. The molecule has 0 spiro atoms. The summed E-state index contributed by atoms with van der Waals surface area (Å²) in [6, 6.07) is 10.7. The summed E-state index contributed by atoms with van der Waals surface area (Å²) in [4.78, 5) is 31.4. The maximum absolute atomic E-state index is 12.9. The molecular formula is C19H25N3O2. The molecule has 5 heteroatoms. The first kappa shape index (κ1) is 15.6. The minimum absolute atomic E-state index is 0.00568. The van der Waals surface area contributed by atoms with Gasteiger partial charge in [0.1, 0.15) is 5.54 Å². The number of likely N-dealkylation sites (tertiary alicyclic amines) is 1. The van der Waals surface area contributed by atoms with Crippen molar-refractivity contribution < 1.29 is 9.59 Å². The lowest BCUT2D eigenvalue weighted by Gasteiger charge is -2.24. The Balaban J connectivity index is 1.50. The van der Waals surface area contributed by atoms with Crippen molar-refractivity contribution in [3.05, 3.63) is 35.9 Å². The van der Waals surface area contributed by atoms with Crippen molar-refractivity contribution in [1.29, 1.82) is 0 Å². The van der Waals surface area contributed by atoms with E-state index < -0.39 is 5.54 Å². The molecule has 4 rings (SSSR count). The second-order valence-electron chi connectivity index (χ2n) is 7.64. The normalized spacial score (nSPS) is 33.6. The molecule has 0 bridgehead atoms. The molecule has 3 saturated heterocycles. The Bertz CT molecular complexity index is 662. The van der Waals surface area contributed by atoms with Gasteiger partial charge in [-0.15, -0.1) is 0 Å². The van der Waals surface area contributed by atoms with Gasteiger partial charge < -0.3 is 4.90 Å². The lowest BCUT2D eigenvalue weighted by Crippen LogP contribution is -2.45. The van der Waals surface area contributed by atoms with Crippen LogP contribution < -0.4 is 0 Å². The molecule has 1 aromatic carbocycles. The van der Waals surface area contributed by atoms with E-state index in [9.17, 15) is 9.59 Å². The fourth-order valence-electron chi connectivity index (χ4n) is 4.58. The van der Waals surface area contributed by atoms with Crippen molar-refractivity contribution in [3.8, 4) is 0 Å². The summed E-state index contributed by atoms with van der Waals surface area (Å²) in [6.07, 6.45) is 2.60. The number of carbonyl (C=O) groups is 2. The summed E-state index contributed by atoms with van der Waals surface area (Å²) in [5, 5.41) is 0. The number of rotatable bonds is 3. The summed E-state index contributed by atoms with van der Waals surface area (Å²) in [6.45, 7) is 6.48.